The van der Waals surface area contributed by atoms with Crippen molar-refractivity contribution in [3.05, 3.63) is 51.6 Å². The van der Waals surface area contributed by atoms with Crippen LogP contribution < -0.4 is 0 Å². The summed E-state index contributed by atoms with van der Waals surface area (Å²) in [6.07, 6.45) is 2.17. The van der Waals surface area contributed by atoms with E-state index in [1.54, 1.807) is 0 Å². The van der Waals surface area contributed by atoms with Crippen LogP contribution in [0, 0.1) is 34.6 Å². The average Bonchev–Trinajstić information content (AvgIpc) is 2.23. The Kier molecular flexibility index (Phi) is 3.98. The van der Waals surface area contributed by atoms with Gasteiger partial charge in [0, 0.05) is 0 Å². The van der Waals surface area contributed by atoms with Gasteiger partial charge in [-0.15, -0.1) is 0 Å². The normalized spacial score (nSPS) is 10.3. The Hall–Kier alpha value is -1.30. The van der Waals surface area contributed by atoms with Crippen LogP contribution >= 0.6 is 0 Å². The van der Waals surface area contributed by atoms with Gasteiger partial charge in [0.2, 0.25) is 0 Å². The molecule has 0 spiro atoms. The van der Waals surface area contributed by atoms with Crippen molar-refractivity contribution in [3.63, 3.8) is 0 Å². The highest BCUT2D eigenvalue weighted by Gasteiger charge is 2.13. The summed E-state index contributed by atoms with van der Waals surface area (Å²) in [6.45, 7) is 19.5. The number of hydrogen-bond donors (Lipinski definition) is 0. The first-order valence-electron chi connectivity index (χ1n) is 6.18. The Labute approximate surface area is 106 Å². The zero-order chi connectivity index (χ0) is 13.3. The summed E-state index contributed by atoms with van der Waals surface area (Å²) in [5.74, 6) is 0. The van der Waals surface area contributed by atoms with Gasteiger partial charge in [0.05, 0.1) is 0 Å². The highest BCUT2D eigenvalue weighted by Crippen LogP contribution is 2.31. The van der Waals surface area contributed by atoms with Crippen LogP contribution in [0.1, 0.15) is 47.2 Å². The molecule has 0 radical (unpaired) electrons. The smallest absolute Gasteiger partial charge is 0.0126 e. The van der Waals surface area contributed by atoms with Crippen LogP contribution in [-0.2, 0) is 0 Å². The van der Waals surface area contributed by atoms with Gasteiger partial charge < -0.3 is 0 Å². The molecule has 0 aromatic heterocycles. The average molecular weight is 228 g/mol. The second kappa shape index (κ2) is 4.91. The molecule has 0 amide bonds. The molecule has 0 aliphatic carbocycles. The Balaban J connectivity index is 3.55. The van der Waals surface area contributed by atoms with Gasteiger partial charge in [-0.05, 0) is 87.4 Å². The summed E-state index contributed by atoms with van der Waals surface area (Å²) >= 11 is 0. The maximum Gasteiger partial charge on any atom is -0.0126 e. The summed E-state index contributed by atoms with van der Waals surface area (Å²) in [5, 5.41) is 0. The molecule has 0 bridgehead atoms. The number of benzene rings is 1. The van der Waals surface area contributed by atoms with E-state index in [9.17, 15) is 0 Å². The van der Waals surface area contributed by atoms with Crippen molar-refractivity contribution >= 4 is 5.57 Å². The van der Waals surface area contributed by atoms with Crippen LogP contribution in [0.4, 0.5) is 0 Å². The van der Waals surface area contributed by atoms with E-state index in [0.29, 0.717) is 0 Å². The molecular weight excluding hydrogens is 204 g/mol. The fraction of sp³-hybridized carbons (Fsp3) is 0.412. The highest BCUT2D eigenvalue weighted by atomic mass is 14.2. The zero-order valence-electron chi connectivity index (χ0n) is 12.3. The van der Waals surface area contributed by atoms with Crippen LogP contribution in [0.15, 0.2) is 18.2 Å². The van der Waals surface area contributed by atoms with E-state index in [-0.39, 0.29) is 0 Å². The third-order valence-corrected chi connectivity index (χ3v) is 3.78. The number of rotatable bonds is 2. The standard InChI is InChI=1S/C17H24/c1-10(2)9-11(3)17-15(7)13(5)12(4)14(6)16(17)8/h9H,3H2,1-2,4-8H3. The molecule has 0 aliphatic heterocycles. The van der Waals surface area contributed by atoms with Crippen molar-refractivity contribution < 1.29 is 0 Å². The summed E-state index contributed by atoms with van der Waals surface area (Å²) < 4.78 is 0. The molecule has 0 fully saturated rings. The Morgan fingerprint density at radius 2 is 1.12 bits per heavy atom. The second-order valence-electron chi connectivity index (χ2n) is 5.25. The lowest BCUT2D eigenvalue weighted by molar-refractivity contribution is 1.16. The fourth-order valence-electron chi connectivity index (χ4n) is 2.40. The summed E-state index contributed by atoms with van der Waals surface area (Å²) in [7, 11) is 0. The van der Waals surface area contributed by atoms with Gasteiger partial charge >= 0.3 is 0 Å². The van der Waals surface area contributed by atoms with Gasteiger partial charge in [-0.3, -0.25) is 0 Å². The van der Waals surface area contributed by atoms with Gasteiger partial charge in [0.1, 0.15) is 0 Å². The second-order valence-corrected chi connectivity index (χ2v) is 5.25. The van der Waals surface area contributed by atoms with Gasteiger partial charge in [-0.1, -0.05) is 18.2 Å². The topological polar surface area (TPSA) is 0 Å². The van der Waals surface area contributed by atoms with Crippen LogP contribution in [0.5, 0.6) is 0 Å². The van der Waals surface area contributed by atoms with E-state index >= 15 is 0 Å². The Morgan fingerprint density at radius 3 is 1.47 bits per heavy atom. The zero-order valence-corrected chi connectivity index (χ0v) is 12.3. The molecule has 0 atom stereocenters. The first kappa shape index (κ1) is 13.8. The van der Waals surface area contributed by atoms with Crippen molar-refractivity contribution in [1.29, 1.82) is 0 Å². The first-order valence-corrected chi connectivity index (χ1v) is 6.18. The van der Waals surface area contributed by atoms with Crippen LogP contribution in [0.25, 0.3) is 5.57 Å². The molecule has 1 aromatic carbocycles. The SMILES string of the molecule is C=C(C=C(C)C)c1c(C)c(C)c(C)c(C)c1C. The van der Waals surface area contributed by atoms with Gasteiger partial charge in [0.15, 0.2) is 0 Å². The minimum Gasteiger partial charge on any atom is -0.0911 e. The molecule has 0 N–H and O–H groups in total. The minimum absolute atomic E-state index is 1.13. The largest absolute Gasteiger partial charge is 0.0911 e. The molecule has 0 nitrogen and oxygen atoms in total. The maximum absolute atomic E-state index is 4.22. The summed E-state index contributed by atoms with van der Waals surface area (Å²) in [4.78, 5) is 0. The van der Waals surface area contributed by atoms with Crippen LogP contribution in [-0.4, -0.2) is 0 Å². The predicted octanol–water partition coefficient (Wildman–Crippen LogP) is 5.21. The molecule has 0 heterocycles. The number of allylic oxidation sites excluding steroid dienone is 3. The Bertz CT molecular complexity index is 466. The molecule has 17 heavy (non-hydrogen) atoms. The van der Waals surface area contributed by atoms with Crippen LogP contribution in [0.3, 0.4) is 0 Å². The lowest BCUT2D eigenvalue weighted by atomic mass is 9.86. The van der Waals surface area contributed by atoms with Crippen molar-refractivity contribution in [1.82, 2.24) is 0 Å². The van der Waals surface area contributed by atoms with Crippen molar-refractivity contribution in [3.8, 4) is 0 Å². The molecule has 1 aromatic rings. The molecule has 0 aliphatic rings. The van der Waals surface area contributed by atoms with Gasteiger partial charge in [0.25, 0.3) is 0 Å². The lowest BCUT2D eigenvalue weighted by Crippen LogP contribution is -2.01. The van der Waals surface area contributed by atoms with Crippen molar-refractivity contribution in [2.24, 2.45) is 0 Å². The van der Waals surface area contributed by atoms with E-state index in [4.69, 9.17) is 0 Å². The van der Waals surface area contributed by atoms with Gasteiger partial charge in [-0.2, -0.15) is 0 Å². The number of hydrogen-bond acceptors (Lipinski definition) is 0. The van der Waals surface area contributed by atoms with Gasteiger partial charge in [-0.25, -0.2) is 0 Å². The summed E-state index contributed by atoms with van der Waals surface area (Å²) in [6, 6.07) is 0. The van der Waals surface area contributed by atoms with E-state index < -0.39 is 0 Å². The third kappa shape index (κ3) is 2.52. The third-order valence-electron chi connectivity index (χ3n) is 3.78. The lowest BCUT2D eigenvalue weighted by Gasteiger charge is -2.19. The molecule has 0 saturated carbocycles. The fourth-order valence-corrected chi connectivity index (χ4v) is 2.40. The monoisotopic (exact) mass is 228 g/mol. The quantitative estimate of drug-likeness (QED) is 0.610. The molecule has 1 rings (SSSR count). The highest BCUT2D eigenvalue weighted by molar-refractivity contribution is 5.78. The predicted molar refractivity (Wildman–Crippen MR) is 78.6 cm³/mol. The minimum atomic E-state index is 1.13. The Morgan fingerprint density at radius 1 is 0.765 bits per heavy atom. The first-order chi connectivity index (χ1) is 7.77. The van der Waals surface area contributed by atoms with Crippen molar-refractivity contribution in [2.75, 3.05) is 0 Å². The van der Waals surface area contributed by atoms with Crippen LogP contribution in [0.2, 0.25) is 0 Å². The molecule has 92 valence electrons. The molecule has 0 unspecified atom stereocenters. The molecule has 0 saturated heterocycles. The van der Waals surface area contributed by atoms with E-state index in [2.05, 4.69) is 61.1 Å². The maximum atomic E-state index is 4.22. The summed E-state index contributed by atoms with van der Waals surface area (Å²) in [5.41, 5.74) is 10.7. The molecule has 0 heteroatoms. The van der Waals surface area contributed by atoms with E-state index in [1.807, 2.05) is 0 Å². The van der Waals surface area contributed by atoms with E-state index in [1.165, 1.54) is 39.0 Å². The molecular formula is C17H24. The van der Waals surface area contributed by atoms with Crippen molar-refractivity contribution in [2.45, 2.75) is 48.5 Å². The van der Waals surface area contributed by atoms with E-state index in [0.717, 1.165) is 5.57 Å².